The zero-order valence-electron chi connectivity index (χ0n) is 8.76. The van der Waals surface area contributed by atoms with E-state index < -0.39 is 4.92 Å². The summed E-state index contributed by atoms with van der Waals surface area (Å²) in [6.45, 7) is 0.724. The molecular weight excluding hydrogens is 226 g/mol. The van der Waals surface area contributed by atoms with E-state index in [9.17, 15) is 10.1 Å². The lowest BCUT2D eigenvalue weighted by molar-refractivity contribution is -0.390. The van der Waals surface area contributed by atoms with Gasteiger partial charge in [0, 0.05) is 0 Å². The molecule has 0 radical (unpaired) electrons. The van der Waals surface area contributed by atoms with Gasteiger partial charge in [0.1, 0.15) is 25.5 Å². The molecule has 0 spiro atoms. The molecule has 2 aromatic rings. The summed E-state index contributed by atoms with van der Waals surface area (Å²) >= 11 is 0. The molecule has 88 valence electrons. The molecule has 0 N–H and O–H groups in total. The van der Waals surface area contributed by atoms with E-state index in [-0.39, 0.29) is 18.2 Å². The second kappa shape index (κ2) is 5.01. The van der Waals surface area contributed by atoms with Crippen molar-refractivity contribution >= 4 is 5.82 Å². The molecule has 0 aromatic carbocycles. The van der Waals surface area contributed by atoms with Gasteiger partial charge < -0.3 is 14.9 Å². The molecule has 0 atom stereocenters. The lowest BCUT2D eigenvalue weighted by Crippen LogP contribution is -2.09. The predicted molar refractivity (Wildman–Crippen MR) is 56.4 cm³/mol. The van der Waals surface area contributed by atoms with Crippen molar-refractivity contribution in [2.45, 2.75) is 6.54 Å². The molecule has 17 heavy (non-hydrogen) atoms. The van der Waals surface area contributed by atoms with E-state index in [1.54, 1.807) is 17.1 Å². The Morgan fingerprint density at radius 2 is 2.41 bits per heavy atom. The van der Waals surface area contributed by atoms with Crippen molar-refractivity contribution in [3.05, 3.63) is 41.1 Å². The summed E-state index contributed by atoms with van der Waals surface area (Å²) in [5.74, 6) is -0.135. The van der Waals surface area contributed by atoms with Gasteiger partial charge in [-0.1, -0.05) is 0 Å². The molecule has 8 heteroatoms. The highest BCUT2D eigenvalue weighted by atomic mass is 16.6. The molecule has 0 saturated heterocycles. The van der Waals surface area contributed by atoms with Crippen molar-refractivity contribution in [2.75, 3.05) is 6.61 Å². The smallest absolute Gasteiger partial charge is 0.406 e. The second-order valence-corrected chi connectivity index (χ2v) is 3.09. The third-order valence-corrected chi connectivity index (χ3v) is 1.97. The van der Waals surface area contributed by atoms with Crippen molar-refractivity contribution in [2.24, 2.45) is 0 Å². The highest BCUT2D eigenvalue weighted by Gasteiger charge is 2.15. The third kappa shape index (κ3) is 2.74. The Kier molecular flexibility index (Phi) is 3.24. The molecule has 2 heterocycles. The first-order valence-electron chi connectivity index (χ1n) is 4.82. The van der Waals surface area contributed by atoms with Gasteiger partial charge in [0.25, 0.3) is 0 Å². The average Bonchev–Trinajstić information content (AvgIpc) is 2.82. The Labute approximate surface area is 96.0 Å². The fourth-order valence-electron chi connectivity index (χ4n) is 1.23. The van der Waals surface area contributed by atoms with Crippen LogP contribution >= 0.6 is 0 Å². The normalized spacial score (nSPS) is 10.1. The monoisotopic (exact) mass is 235 g/mol. The van der Waals surface area contributed by atoms with Crippen LogP contribution in [0, 0.1) is 10.1 Å². The van der Waals surface area contributed by atoms with E-state index in [0.717, 1.165) is 0 Å². The summed E-state index contributed by atoms with van der Waals surface area (Å²) in [6.07, 6.45) is 4.30. The molecule has 0 aliphatic rings. The first-order valence-corrected chi connectivity index (χ1v) is 4.82. The Bertz CT molecular complexity index is 499. The standard InChI is InChI=1S/C9H9N5O3/c15-14(16)9-8(2-1-3-11-9)17-5-4-13-7-10-6-12-13/h1-3,6-7H,4-5H2. The van der Waals surface area contributed by atoms with Crippen LogP contribution in [0.25, 0.3) is 0 Å². The van der Waals surface area contributed by atoms with Gasteiger partial charge in [-0.25, -0.2) is 9.67 Å². The maximum Gasteiger partial charge on any atom is 0.406 e. The summed E-state index contributed by atoms with van der Waals surface area (Å²) in [4.78, 5) is 17.5. The molecule has 0 aliphatic carbocycles. The highest BCUT2D eigenvalue weighted by Crippen LogP contribution is 2.22. The Morgan fingerprint density at radius 3 is 3.12 bits per heavy atom. The van der Waals surface area contributed by atoms with Crippen LogP contribution < -0.4 is 4.74 Å². The van der Waals surface area contributed by atoms with Gasteiger partial charge in [-0.3, -0.25) is 0 Å². The van der Waals surface area contributed by atoms with Gasteiger partial charge in [0.15, 0.2) is 0 Å². The van der Waals surface area contributed by atoms with E-state index in [4.69, 9.17) is 4.74 Å². The van der Waals surface area contributed by atoms with Crippen LogP contribution in [0.15, 0.2) is 31.0 Å². The highest BCUT2D eigenvalue weighted by molar-refractivity contribution is 5.38. The zero-order valence-corrected chi connectivity index (χ0v) is 8.76. The number of pyridine rings is 1. The first kappa shape index (κ1) is 11.0. The largest absolute Gasteiger partial charge is 0.484 e. The lowest BCUT2D eigenvalue weighted by atomic mass is 10.4. The molecular formula is C9H9N5O3. The van der Waals surface area contributed by atoms with Crippen LogP contribution in [0.3, 0.4) is 0 Å². The molecule has 0 unspecified atom stereocenters. The summed E-state index contributed by atoms with van der Waals surface area (Å²) in [5, 5.41) is 14.5. The van der Waals surface area contributed by atoms with Crippen molar-refractivity contribution in [3.8, 4) is 5.75 Å². The van der Waals surface area contributed by atoms with Crippen molar-refractivity contribution in [1.82, 2.24) is 19.7 Å². The van der Waals surface area contributed by atoms with Gasteiger partial charge in [-0.05, 0) is 22.0 Å². The SMILES string of the molecule is O=[N+]([O-])c1ncccc1OCCn1cncn1. The molecule has 0 fully saturated rings. The summed E-state index contributed by atoms with van der Waals surface area (Å²) in [5.41, 5.74) is 0. The van der Waals surface area contributed by atoms with Crippen LogP contribution in [0.5, 0.6) is 5.75 Å². The topological polar surface area (TPSA) is 96.0 Å². The Hall–Kier alpha value is -2.51. The molecule has 8 nitrogen and oxygen atoms in total. The number of aromatic nitrogens is 4. The average molecular weight is 235 g/mol. The number of nitro groups is 1. The van der Waals surface area contributed by atoms with Crippen LogP contribution in [-0.4, -0.2) is 31.3 Å². The van der Waals surface area contributed by atoms with Crippen LogP contribution in [0.2, 0.25) is 0 Å². The van der Waals surface area contributed by atoms with Gasteiger partial charge in [-0.15, -0.1) is 0 Å². The maximum atomic E-state index is 10.6. The summed E-state index contributed by atoms with van der Waals surface area (Å²) in [6, 6.07) is 3.09. The number of rotatable bonds is 5. The minimum Gasteiger partial charge on any atom is -0.484 e. The second-order valence-electron chi connectivity index (χ2n) is 3.09. The van der Waals surface area contributed by atoms with Crippen molar-refractivity contribution < 1.29 is 9.66 Å². The molecule has 2 rings (SSSR count). The molecule has 0 aliphatic heterocycles. The number of hydrogen-bond acceptors (Lipinski definition) is 6. The quantitative estimate of drug-likeness (QED) is 0.558. The van der Waals surface area contributed by atoms with Crippen molar-refractivity contribution in [3.63, 3.8) is 0 Å². The number of ether oxygens (including phenoxy) is 1. The Morgan fingerprint density at radius 1 is 1.53 bits per heavy atom. The van der Waals surface area contributed by atoms with Gasteiger partial charge in [0.05, 0.1) is 6.54 Å². The fraction of sp³-hybridized carbons (Fsp3) is 0.222. The predicted octanol–water partition coefficient (Wildman–Crippen LogP) is 0.660. The van der Waals surface area contributed by atoms with E-state index in [2.05, 4.69) is 15.1 Å². The molecule has 0 saturated carbocycles. The molecule has 0 amide bonds. The van der Waals surface area contributed by atoms with E-state index in [0.29, 0.717) is 6.54 Å². The number of nitrogens with zero attached hydrogens (tertiary/aromatic N) is 5. The van der Waals surface area contributed by atoms with Gasteiger partial charge in [-0.2, -0.15) is 5.10 Å². The Balaban J connectivity index is 1.97. The maximum absolute atomic E-state index is 10.6. The minimum atomic E-state index is -0.579. The first-order chi connectivity index (χ1) is 8.27. The van der Waals surface area contributed by atoms with E-state index >= 15 is 0 Å². The van der Waals surface area contributed by atoms with Crippen molar-refractivity contribution in [1.29, 1.82) is 0 Å². The third-order valence-electron chi connectivity index (χ3n) is 1.97. The van der Waals surface area contributed by atoms with Gasteiger partial charge in [0.2, 0.25) is 5.75 Å². The summed E-state index contributed by atoms with van der Waals surface area (Å²) < 4.78 is 6.85. The molecule has 0 bridgehead atoms. The van der Waals surface area contributed by atoms with E-state index in [1.807, 2.05) is 0 Å². The minimum absolute atomic E-state index is 0.151. The van der Waals surface area contributed by atoms with Crippen LogP contribution in [0.4, 0.5) is 5.82 Å². The van der Waals surface area contributed by atoms with Crippen LogP contribution in [0.1, 0.15) is 0 Å². The summed E-state index contributed by atoms with van der Waals surface area (Å²) in [7, 11) is 0. The van der Waals surface area contributed by atoms with Gasteiger partial charge >= 0.3 is 5.82 Å². The van der Waals surface area contributed by atoms with E-state index in [1.165, 1.54) is 18.6 Å². The van der Waals surface area contributed by atoms with Crippen LogP contribution in [-0.2, 0) is 6.54 Å². The molecule has 2 aromatic heterocycles. The lowest BCUT2D eigenvalue weighted by Gasteiger charge is -2.05. The zero-order chi connectivity index (χ0) is 12.1. The number of hydrogen-bond donors (Lipinski definition) is 0. The fourth-order valence-corrected chi connectivity index (χ4v) is 1.23.